The molecule has 1 amide bonds. The zero-order valence-corrected chi connectivity index (χ0v) is 15.9. The zero-order valence-electron chi connectivity index (χ0n) is 15.2. The predicted octanol–water partition coefficient (Wildman–Crippen LogP) is 2.19. The topological polar surface area (TPSA) is 110 Å². The highest BCUT2D eigenvalue weighted by Gasteiger charge is 2.25. The second kappa shape index (κ2) is 7.84. The standard InChI is InChI=1S/C18H16ClN7O3/c19-15-10-13(26(28)29)2-3-14(15)18(27)24-8-6-23(7-9-24)16-11-17(21-12-20-16)25-5-1-4-22-25/h1-5,10-12H,6-9H2. The third kappa shape index (κ3) is 3.87. The molecule has 4 rings (SSSR count). The van der Waals surface area contributed by atoms with Crippen molar-refractivity contribution in [3.63, 3.8) is 0 Å². The SMILES string of the molecule is O=C(c1ccc([N+](=O)[O-])cc1Cl)N1CCN(c2cc(-n3cccn3)ncn2)CC1. The molecule has 1 saturated heterocycles. The molecule has 29 heavy (non-hydrogen) atoms. The second-order valence-corrected chi connectivity index (χ2v) is 6.79. The lowest BCUT2D eigenvalue weighted by Crippen LogP contribution is -2.49. The molecule has 1 aliphatic heterocycles. The molecule has 1 fully saturated rings. The van der Waals surface area contributed by atoms with Gasteiger partial charge in [-0.15, -0.1) is 0 Å². The number of carbonyl (C=O) groups is 1. The molecule has 0 N–H and O–H groups in total. The highest BCUT2D eigenvalue weighted by molar-refractivity contribution is 6.34. The molecule has 148 valence electrons. The fraction of sp³-hybridized carbons (Fsp3) is 0.222. The molecule has 2 aromatic heterocycles. The molecular weight excluding hydrogens is 398 g/mol. The molecule has 0 radical (unpaired) electrons. The van der Waals surface area contributed by atoms with E-state index in [1.54, 1.807) is 22.0 Å². The molecular formula is C18H16ClN7O3. The minimum absolute atomic E-state index is 0.0753. The number of hydrogen-bond donors (Lipinski definition) is 0. The third-order valence-electron chi connectivity index (χ3n) is 4.66. The van der Waals surface area contributed by atoms with Crippen LogP contribution in [0.4, 0.5) is 11.5 Å². The monoisotopic (exact) mass is 413 g/mol. The minimum Gasteiger partial charge on any atom is -0.353 e. The Balaban J connectivity index is 1.44. The van der Waals surface area contributed by atoms with Crippen LogP contribution in [0.15, 0.2) is 49.1 Å². The van der Waals surface area contributed by atoms with Gasteiger partial charge in [-0.05, 0) is 12.1 Å². The smallest absolute Gasteiger partial charge is 0.270 e. The molecule has 0 spiro atoms. The number of piperazine rings is 1. The number of benzene rings is 1. The minimum atomic E-state index is -0.544. The molecule has 3 aromatic rings. The number of aromatic nitrogens is 4. The number of hydrogen-bond acceptors (Lipinski definition) is 7. The maximum absolute atomic E-state index is 12.8. The van der Waals surface area contributed by atoms with Crippen molar-refractivity contribution in [2.45, 2.75) is 0 Å². The molecule has 1 aliphatic rings. The number of nitrogens with zero attached hydrogens (tertiary/aromatic N) is 7. The van der Waals surface area contributed by atoms with Crippen LogP contribution in [-0.4, -0.2) is 61.7 Å². The molecule has 0 atom stereocenters. The molecule has 0 aliphatic carbocycles. The molecule has 0 bridgehead atoms. The average molecular weight is 414 g/mol. The van der Waals surface area contributed by atoms with Crippen molar-refractivity contribution in [3.05, 3.63) is 69.8 Å². The van der Waals surface area contributed by atoms with Crippen LogP contribution in [0.1, 0.15) is 10.4 Å². The summed E-state index contributed by atoms with van der Waals surface area (Å²) in [4.78, 5) is 35.4. The molecule has 3 heterocycles. The lowest BCUT2D eigenvalue weighted by atomic mass is 10.1. The van der Waals surface area contributed by atoms with E-state index < -0.39 is 4.92 Å². The summed E-state index contributed by atoms with van der Waals surface area (Å²) >= 11 is 6.09. The van der Waals surface area contributed by atoms with Gasteiger partial charge in [-0.1, -0.05) is 11.6 Å². The summed E-state index contributed by atoms with van der Waals surface area (Å²) in [6.45, 7) is 2.14. The van der Waals surface area contributed by atoms with Gasteiger partial charge in [0.05, 0.1) is 15.5 Å². The predicted molar refractivity (Wildman–Crippen MR) is 105 cm³/mol. The Hall–Kier alpha value is -3.53. The van der Waals surface area contributed by atoms with E-state index in [1.807, 2.05) is 12.1 Å². The highest BCUT2D eigenvalue weighted by Crippen LogP contribution is 2.24. The number of amides is 1. The van der Waals surface area contributed by atoms with Crippen molar-refractivity contribution >= 4 is 29.0 Å². The van der Waals surface area contributed by atoms with Gasteiger partial charge in [0.1, 0.15) is 12.1 Å². The van der Waals surface area contributed by atoms with Crippen LogP contribution in [0.2, 0.25) is 5.02 Å². The van der Waals surface area contributed by atoms with Crippen LogP contribution in [0, 0.1) is 10.1 Å². The van der Waals surface area contributed by atoms with Gasteiger partial charge in [-0.3, -0.25) is 14.9 Å². The number of non-ortho nitro benzene ring substituents is 1. The van der Waals surface area contributed by atoms with Gasteiger partial charge in [-0.2, -0.15) is 5.10 Å². The van der Waals surface area contributed by atoms with Crippen LogP contribution in [0.3, 0.4) is 0 Å². The fourth-order valence-electron chi connectivity index (χ4n) is 3.14. The maximum Gasteiger partial charge on any atom is 0.270 e. The second-order valence-electron chi connectivity index (χ2n) is 6.39. The number of nitro benzene ring substituents is 1. The summed E-state index contributed by atoms with van der Waals surface area (Å²) in [5.74, 6) is 1.17. The Bertz CT molecular complexity index is 1050. The van der Waals surface area contributed by atoms with E-state index in [2.05, 4.69) is 20.0 Å². The van der Waals surface area contributed by atoms with Gasteiger partial charge in [-0.25, -0.2) is 14.6 Å². The van der Waals surface area contributed by atoms with E-state index in [0.717, 1.165) is 5.82 Å². The van der Waals surface area contributed by atoms with Gasteiger partial charge in [0.2, 0.25) is 0 Å². The Morgan fingerprint density at radius 1 is 1.10 bits per heavy atom. The van der Waals surface area contributed by atoms with E-state index in [4.69, 9.17) is 11.6 Å². The first kappa shape index (κ1) is 18.8. The van der Waals surface area contributed by atoms with Gasteiger partial charge < -0.3 is 9.80 Å². The number of carbonyl (C=O) groups excluding carboxylic acids is 1. The zero-order chi connectivity index (χ0) is 20.4. The number of rotatable bonds is 4. The van der Waals surface area contributed by atoms with E-state index in [9.17, 15) is 14.9 Å². The van der Waals surface area contributed by atoms with Crippen LogP contribution in [0.5, 0.6) is 0 Å². The van der Waals surface area contributed by atoms with Crippen LogP contribution in [0.25, 0.3) is 5.82 Å². The first-order valence-corrected chi connectivity index (χ1v) is 9.21. The molecule has 1 aromatic carbocycles. The van der Waals surface area contributed by atoms with Crippen LogP contribution < -0.4 is 4.90 Å². The fourth-order valence-corrected chi connectivity index (χ4v) is 3.40. The lowest BCUT2D eigenvalue weighted by molar-refractivity contribution is -0.384. The molecule has 0 saturated carbocycles. The van der Waals surface area contributed by atoms with Crippen LogP contribution in [-0.2, 0) is 0 Å². The quantitative estimate of drug-likeness (QED) is 0.476. The molecule has 11 heteroatoms. The summed E-state index contributed by atoms with van der Waals surface area (Å²) in [5.41, 5.74) is 0.113. The van der Waals surface area contributed by atoms with E-state index >= 15 is 0 Å². The van der Waals surface area contributed by atoms with Gasteiger partial charge in [0.15, 0.2) is 5.82 Å². The van der Waals surface area contributed by atoms with Crippen molar-refractivity contribution in [3.8, 4) is 5.82 Å². The summed E-state index contributed by atoms with van der Waals surface area (Å²) in [7, 11) is 0. The van der Waals surface area contributed by atoms with Crippen LogP contribution >= 0.6 is 11.6 Å². The van der Waals surface area contributed by atoms with Crippen molar-refractivity contribution in [1.82, 2.24) is 24.6 Å². The Morgan fingerprint density at radius 3 is 2.52 bits per heavy atom. The number of nitro groups is 1. The number of anilines is 1. The molecule has 0 unspecified atom stereocenters. The summed E-state index contributed by atoms with van der Waals surface area (Å²) in [6, 6.07) is 7.54. The van der Waals surface area contributed by atoms with Gasteiger partial charge >= 0.3 is 0 Å². The van der Waals surface area contributed by atoms with Crippen molar-refractivity contribution < 1.29 is 9.72 Å². The van der Waals surface area contributed by atoms with Crippen molar-refractivity contribution in [2.24, 2.45) is 0 Å². The summed E-state index contributed by atoms with van der Waals surface area (Å²) in [5, 5.41) is 15.1. The number of halogens is 1. The first-order valence-electron chi connectivity index (χ1n) is 8.83. The summed E-state index contributed by atoms with van der Waals surface area (Å²) in [6.07, 6.45) is 4.96. The lowest BCUT2D eigenvalue weighted by Gasteiger charge is -2.35. The van der Waals surface area contributed by atoms with E-state index in [-0.39, 0.29) is 22.2 Å². The average Bonchev–Trinajstić information content (AvgIpc) is 3.28. The van der Waals surface area contributed by atoms with Gasteiger partial charge in [0.25, 0.3) is 11.6 Å². The largest absolute Gasteiger partial charge is 0.353 e. The maximum atomic E-state index is 12.8. The summed E-state index contributed by atoms with van der Waals surface area (Å²) < 4.78 is 1.65. The third-order valence-corrected chi connectivity index (χ3v) is 4.97. The first-order chi connectivity index (χ1) is 14.0. The molecule has 10 nitrogen and oxygen atoms in total. The highest BCUT2D eigenvalue weighted by atomic mass is 35.5. The Morgan fingerprint density at radius 2 is 1.86 bits per heavy atom. The normalized spacial score (nSPS) is 14.1. The van der Waals surface area contributed by atoms with E-state index in [0.29, 0.717) is 32.0 Å². The van der Waals surface area contributed by atoms with Crippen molar-refractivity contribution in [1.29, 1.82) is 0 Å². The Kier molecular flexibility index (Phi) is 5.09. The van der Waals surface area contributed by atoms with Crippen molar-refractivity contribution in [2.75, 3.05) is 31.1 Å². The Labute approximate surface area is 170 Å². The van der Waals surface area contributed by atoms with Gasteiger partial charge in [0, 0.05) is 56.8 Å². The van der Waals surface area contributed by atoms with E-state index in [1.165, 1.54) is 24.5 Å².